The summed E-state index contributed by atoms with van der Waals surface area (Å²) in [6.45, 7) is 0. The van der Waals surface area contributed by atoms with Crippen LogP contribution in [0.2, 0.25) is 0 Å². The first-order chi connectivity index (χ1) is 8.27. The Bertz CT molecular complexity index is 596. The molecule has 1 fully saturated rings. The summed E-state index contributed by atoms with van der Waals surface area (Å²) in [5.41, 5.74) is 1.43. The molecule has 5 heteroatoms. The van der Waals surface area contributed by atoms with Crippen molar-refractivity contribution in [1.29, 1.82) is 0 Å². The average Bonchev–Trinajstić information content (AvgIpc) is 2.68. The Kier molecular flexibility index (Phi) is 2.96. The highest BCUT2D eigenvalue weighted by Crippen LogP contribution is 2.30. The summed E-state index contributed by atoms with van der Waals surface area (Å²) in [7, 11) is 0. The number of fused-ring (bicyclic) bond motifs is 1. The molecule has 0 amide bonds. The smallest absolute Gasteiger partial charge is 0.178 e. The molecule has 1 aliphatic heterocycles. The Morgan fingerprint density at radius 3 is 2.88 bits per heavy atom. The molecule has 0 spiro atoms. The molecule has 17 heavy (non-hydrogen) atoms. The van der Waals surface area contributed by atoms with Crippen LogP contribution in [0.1, 0.15) is 18.9 Å². The number of para-hydroxylation sites is 1. The molecule has 90 valence electrons. The number of rotatable bonds is 1. The van der Waals surface area contributed by atoms with Crippen molar-refractivity contribution in [3.8, 4) is 0 Å². The molecule has 1 aromatic carbocycles. The van der Waals surface area contributed by atoms with Gasteiger partial charge in [-0.1, -0.05) is 6.07 Å². The summed E-state index contributed by atoms with van der Waals surface area (Å²) in [6.07, 6.45) is 2.23. The molecule has 1 saturated heterocycles. The highest BCUT2D eigenvalue weighted by atomic mass is 32.2. The van der Waals surface area contributed by atoms with Crippen molar-refractivity contribution in [3.05, 3.63) is 28.8 Å². The number of aromatic amines is 1. The molecule has 1 N–H and O–H groups in total. The number of imidazole rings is 1. The van der Waals surface area contributed by atoms with Crippen LogP contribution in [0, 0.1) is 10.6 Å². The first kappa shape index (κ1) is 11.3. The van der Waals surface area contributed by atoms with Gasteiger partial charge in [-0.15, -0.1) is 0 Å². The predicted octanol–water partition coefficient (Wildman–Crippen LogP) is 3.91. The summed E-state index contributed by atoms with van der Waals surface area (Å²) in [4.78, 5) is 2.99. The minimum absolute atomic E-state index is 0.225. The van der Waals surface area contributed by atoms with E-state index in [1.807, 2.05) is 17.8 Å². The standard InChI is InChI=1S/C12H13FN2S2/c13-9-2-1-3-10-11(9)14-12(16)15(10)8-4-6-17-7-5-8/h1-3,8H,4-7H2,(H,14,16). The minimum Gasteiger partial charge on any atom is -0.328 e. The normalized spacial score (nSPS) is 17.7. The molecule has 1 aliphatic rings. The molecular formula is C12H13FN2S2. The highest BCUT2D eigenvalue weighted by molar-refractivity contribution is 7.99. The Hall–Kier alpha value is -0.810. The second kappa shape index (κ2) is 4.46. The molecule has 0 aliphatic carbocycles. The number of nitrogens with one attached hydrogen (secondary N) is 1. The third-order valence-electron chi connectivity index (χ3n) is 3.26. The Balaban J connectivity index is 2.18. The van der Waals surface area contributed by atoms with Gasteiger partial charge in [0.2, 0.25) is 0 Å². The maximum absolute atomic E-state index is 13.7. The Morgan fingerprint density at radius 2 is 2.12 bits per heavy atom. The molecule has 0 bridgehead atoms. The maximum atomic E-state index is 13.7. The lowest BCUT2D eigenvalue weighted by molar-refractivity contribution is 0.476. The minimum atomic E-state index is -0.225. The fourth-order valence-corrected chi connectivity index (χ4v) is 3.85. The van der Waals surface area contributed by atoms with E-state index in [1.54, 1.807) is 6.07 Å². The topological polar surface area (TPSA) is 20.7 Å². The zero-order valence-electron chi connectivity index (χ0n) is 9.28. The second-order valence-electron chi connectivity index (χ2n) is 4.28. The van der Waals surface area contributed by atoms with Gasteiger partial charge in [-0.2, -0.15) is 11.8 Å². The number of halogens is 1. The van der Waals surface area contributed by atoms with Crippen molar-refractivity contribution in [2.45, 2.75) is 18.9 Å². The van der Waals surface area contributed by atoms with Crippen molar-refractivity contribution in [2.75, 3.05) is 11.5 Å². The first-order valence-corrected chi connectivity index (χ1v) is 7.30. The molecule has 2 heterocycles. The van der Waals surface area contributed by atoms with Crippen LogP contribution >= 0.6 is 24.0 Å². The summed E-state index contributed by atoms with van der Waals surface area (Å²) in [5.74, 6) is 2.10. The van der Waals surface area contributed by atoms with Crippen molar-refractivity contribution in [3.63, 3.8) is 0 Å². The molecular weight excluding hydrogens is 255 g/mol. The van der Waals surface area contributed by atoms with Crippen LogP contribution in [-0.4, -0.2) is 21.1 Å². The molecule has 0 radical (unpaired) electrons. The number of benzene rings is 1. The zero-order chi connectivity index (χ0) is 11.8. The molecule has 0 atom stereocenters. The fourth-order valence-electron chi connectivity index (χ4n) is 2.42. The van der Waals surface area contributed by atoms with Gasteiger partial charge in [0.05, 0.1) is 5.52 Å². The van der Waals surface area contributed by atoms with Crippen LogP contribution in [-0.2, 0) is 0 Å². The lowest BCUT2D eigenvalue weighted by atomic mass is 10.1. The fraction of sp³-hybridized carbons (Fsp3) is 0.417. The summed E-state index contributed by atoms with van der Waals surface area (Å²) in [6, 6.07) is 5.56. The van der Waals surface area contributed by atoms with Gasteiger partial charge in [0.25, 0.3) is 0 Å². The number of nitrogens with zero attached hydrogens (tertiary/aromatic N) is 1. The highest BCUT2D eigenvalue weighted by Gasteiger charge is 2.19. The molecule has 3 rings (SSSR count). The number of hydrogen-bond acceptors (Lipinski definition) is 2. The monoisotopic (exact) mass is 268 g/mol. The van der Waals surface area contributed by atoms with E-state index in [1.165, 1.54) is 6.07 Å². The predicted molar refractivity (Wildman–Crippen MR) is 72.7 cm³/mol. The Morgan fingerprint density at radius 1 is 1.35 bits per heavy atom. The summed E-state index contributed by atoms with van der Waals surface area (Å²) in [5, 5.41) is 0. The van der Waals surface area contributed by atoms with Gasteiger partial charge in [0.15, 0.2) is 4.77 Å². The van der Waals surface area contributed by atoms with Crippen LogP contribution in [0.15, 0.2) is 18.2 Å². The van der Waals surface area contributed by atoms with E-state index in [0.29, 0.717) is 16.3 Å². The zero-order valence-corrected chi connectivity index (χ0v) is 10.9. The van der Waals surface area contributed by atoms with E-state index in [9.17, 15) is 4.39 Å². The molecule has 0 saturated carbocycles. The van der Waals surface area contributed by atoms with Crippen molar-refractivity contribution in [1.82, 2.24) is 9.55 Å². The van der Waals surface area contributed by atoms with Gasteiger partial charge in [-0.3, -0.25) is 0 Å². The lowest BCUT2D eigenvalue weighted by Crippen LogP contribution is -2.15. The van der Waals surface area contributed by atoms with Crippen molar-refractivity contribution in [2.24, 2.45) is 0 Å². The summed E-state index contributed by atoms with van der Waals surface area (Å²) < 4.78 is 16.4. The van der Waals surface area contributed by atoms with E-state index in [0.717, 1.165) is 29.9 Å². The third-order valence-corrected chi connectivity index (χ3v) is 4.61. The summed E-state index contributed by atoms with van der Waals surface area (Å²) >= 11 is 7.31. The van der Waals surface area contributed by atoms with Gasteiger partial charge in [0, 0.05) is 6.04 Å². The SMILES string of the molecule is Fc1cccc2c1[nH]c(=S)n2C1CCSCC1. The molecule has 2 nitrogen and oxygen atoms in total. The van der Waals surface area contributed by atoms with Gasteiger partial charge < -0.3 is 9.55 Å². The van der Waals surface area contributed by atoms with Crippen LogP contribution in [0.4, 0.5) is 4.39 Å². The van der Waals surface area contributed by atoms with Gasteiger partial charge in [-0.25, -0.2) is 4.39 Å². The van der Waals surface area contributed by atoms with Crippen LogP contribution in [0.5, 0.6) is 0 Å². The maximum Gasteiger partial charge on any atom is 0.178 e. The third kappa shape index (κ3) is 1.91. The molecule has 1 aromatic heterocycles. The second-order valence-corrected chi connectivity index (χ2v) is 5.89. The van der Waals surface area contributed by atoms with Crippen molar-refractivity contribution >= 4 is 35.0 Å². The quantitative estimate of drug-likeness (QED) is 0.792. The number of thioether (sulfide) groups is 1. The van der Waals surface area contributed by atoms with Gasteiger partial charge >= 0.3 is 0 Å². The molecule has 2 aromatic rings. The largest absolute Gasteiger partial charge is 0.328 e. The van der Waals surface area contributed by atoms with E-state index < -0.39 is 0 Å². The van der Waals surface area contributed by atoms with Crippen LogP contribution in [0.25, 0.3) is 11.0 Å². The number of H-pyrrole nitrogens is 1. The Labute approximate surface area is 108 Å². The van der Waals surface area contributed by atoms with E-state index in [-0.39, 0.29) is 5.82 Å². The average molecular weight is 268 g/mol. The van der Waals surface area contributed by atoms with E-state index in [2.05, 4.69) is 9.55 Å². The number of hydrogen-bond donors (Lipinski definition) is 1. The number of aromatic nitrogens is 2. The van der Waals surface area contributed by atoms with E-state index >= 15 is 0 Å². The van der Waals surface area contributed by atoms with Crippen molar-refractivity contribution < 1.29 is 4.39 Å². The first-order valence-electron chi connectivity index (χ1n) is 5.74. The van der Waals surface area contributed by atoms with Crippen LogP contribution in [0.3, 0.4) is 0 Å². The van der Waals surface area contributed by atoms with Gasteiger partial charge in [-0.05, 0) is 48.7 Å². The lowest BCUT2D eigenvalue weighted by Gasteiger charge is -2.23. The van der Waals surface area contributed by atoms with Gasteiger partial charge in [0.1, 0.15) is 11.3 Å². The van der Waals surface area contributed by atoms with Crippen LogP contribution < -0.4 is 0 Å². The molecule has 0 unspecified atom stereocenters. The van der Waals surface area contributed by atoms with E-state index in [4.69, 9.17) is 12.2 Å².